The van der Waals surface area contributed by atoms with E-state index in [0.29, 0.717) is 73.9 Å². The Bertz CT molecular complexity index is 1890. The number of nitrogens with zero attached hydrogens (tertiary/aromatic N) is 3. The van der Waals surface area contributed by atoms with Crippen molar-refractivity contribution in [1.29, 1.82) is 0 Å². The minimum Gasteiger partial charge on any atom is -0.390 e. The summed E-state index contributed by atoms with van der Waals surface area (Å²) in [7, 11) is 0. The molecule has 9 heteroatoms. The van der Waals surface area contributed by atoms with Crippen LogP contribution in [0.2, 0.25) is 0 Å². The quantitative estimate of drug-likeness (QED) is 0.205. The number of carbonyl (C=O) groups excluding carboxylic acids is 2. The molecule has 2 aromatic carbocycles. The van der Waals surface area contributed by atoms with Gasteiger partial charge >= 0.3 is 0 Å². The second kappa shape index (κ2) is 15.9. The lowest BCUT2D eigenvalue weighted by atomic mass is 9.47. The Labute approximate surface area is 320 Å². The second-order valence-electron chi connectivity index (χ2n) is 18.2. The van der Waals surface area contributed by atoms with Crippen LogP contribution < -0.4 is 5.56 Å². The molecular formula is C45H61FN4O4. The van der Waals surface area contributed by atoms with Crippen molar-refractivity contribution in [2.75, 3.05) is 26.2 Å². The van der Waals surface area contributed by atoms with Crippen molar-refractivity contribution in [3.63, 3.8) is 0 Å². The molecule has 3 aromatic rings. The molecule has 1 aromatic heterocycles. The van der Waals surface area contributed by atoms with Gasteiger partial charge in [0.05, 0.1) is 22.2 Å². The highest BCUT2D eigenvalue weighted by atomic mass is 19.1. The monoisotopic (exact) mass is 740 g/mol. The molecule has 1 aliphatic heterocycles. The third kappa shape index (κ3) is 8.03. The van der Waals surface area contributed by atoms with E-state index in [9.17, 15) is 19.5 Å². The van der Waals surface area contributed by atoms with Crippen molar-refractivity contribution in [1.82, 2.24) is 20.0 Å². The van der Waals surface area contributed by atoms with E-state index in [1.54, 1.807) is 29.2 Å². The summed E-state index contributed by atoms with van der Waals surface area (Å²) in [5.41, 5.74) is 0.978. The normalized spacial score (nSPS) is 28.3. The van der Waals surface area contributed by atoms with Gasteiger partial charge in [0, 0.05) is 44.4 Å². The molecule has 4 fully saturated rings. The number of fused-ring (bicyclic) bond motifs is 4. The van der Waals surface area contributed by atoms with Crippen LogP contribution in [0.25, 0.3) is 10.8 Å². The van der Waals surface area contributed by atoms with Crippen molar-refractivity contribution < 1.29 is 19.1 Å². The number of nitrogens with one attached hydrogen (secondary N) is 1. The van der Waals surface area contributed by atoms with Gasteiger partial charge in [-0.15, -0.1) is 0 Å². The van der Waals surface area contributed by atoms with Gasteiger partial charge in [-0.1, -0.05) is 64.3 Å². The fourth-order valence-electron chi connectivity index (χ4n) is 11.7. The average molecular weight is 741 g/mol. The van der Waals surface area contributed by atoms with E-state index in [1.807, 2.05) is 17.0 Å². The molecule has 54 heavy (non-hydrogen) atoms. The lowest BCUT2D eigenvalue weighted by molar-refractivity contribution is -0.133. The molecule has 7 rings (SSSR count). The van der Waals surface area contributed by atoms with Crippen LogP contribution in [0, 0.1) is 34.4 Å². The van der Waals surface area contributed by atoms with Crippen LogP contribution in [0.5, 0.6) is 0 Å². The number of aliphatic hydroxyl groups is 1. The Morgan fingerprint density at radius 2 is 1.72 bits per heavy atom. The van der Waals surface area contributed by atoms with Crippen LogP contribution >= 0.6 is 0 Å². The van der Waals surface area contributed by atoms with E-state index in [1.165, 1.54) is 63.9 Å². The number of amides is 2. The topological polar surface area (TPSA) is 107 Å². The zero-order valence-electron chi connectivity index (χ0n) is 32.8. The van der Waals surface area contributed by atoms with Crippen LogP contribution in [-0.2, 0) is 11.2 Å². The summed E-state index contributed by atoms with van der Waals surface area (Å²) >= 11 is 0. The Kier molecular flexibility index (Phi) is 11.4. The predicted octanol–water partition coefficient (Wildman–Crippen LogP) is 8.44. The van der Waals surface area contributed by atoms with Gasteiger partial charge in [-0.2, -0.15) is 5.10 Å². The number of H-pyrrole nitrogens is 1. The number of piperazine rings is 1. The zero-order valence-corrected chi connectivity index (χ0v) is 32.8. The van der Waals surface area contributed by atoms with Gasteiger partial charge in [0.2, 0.25) is 5.91 Å². The van der Waals surface area contributed by atoms with Crippen molar-refractivity contribution in [2.45, 2.75) is 129 Å². The number of hydrogen-bond acceptors (Lipinski definition) is 5. The number of aromatic nitrogens is 2. The van der Waals surface area contributed by atoms with E-state index in [2.05, 4.69) is 31.0 Å². The highest BCUT2D eigenvalue weighted by Gasteiger charge is 2.53. The van der Waals surface area contributed by atoms with E-state index >= 15 is 4.39 Å². The van der Waals surface area contributed by atoms with Gasteiger partial charge in [0.1, 0.15) is 5.82 Å². The van der Waals surface area contributed by atoms with E-state index in [4.69, 9.17) is 0 Å². The van der Waals surface area contributed by atoms with Gasteiger partial charge in [0.25, 0.3) is 11.5 Å². The molecule has 2 heterocycles. The summed E-state index contributed by atoms with van der Waals surface area (Å²) in [6.45, 7) is 8.65. The van der Waals surface area contributed by atoms with Gasteiger partial charge in [-0.25, -0.2) is 9.49 Å². The standard InChI is InChI=1S/C45H61FN4O4/c1-4-19-45(54,30-43(2)22-18-37-32(29-43)15-16-33-10-7-8-20-44(33,37)3)21-9-13-40(51)49-23-25-50(26-24-49)42(53)36-27-31(14-17-38(36)46)28-39-34-11-5-6-12-35(34)41(52)48-47-39/h5-6,11-12,14,17,27,32-33,37,54H,4,7-10,13,15-16,18-26,28-30H2,1-3H3,(H,48,52)/t32-,33?,37?,43-,44-,45+/m0/s1. The summed E-state index contributed by atoms with van der Waals surface area (Å²) in [6.07, 6.45) is 16.6. The van der Waals surface area contributed by atoms with Crippen molar-refractivity contribution in [3.8, 4) is 0 Å². The minimum absolute atomic E-state index is 0.00531. The smallest absolute Gasteiger partial charge is 0.272 e. The Hall–Kier alpha value is -3.59. The molecule has 292 valence electrons. The number of halogens is 1. The van der Waals surface area contributed by atoms with Crippen LogP contribution in [0.1, 0.15) is 139 Å². The molecule has 0 radical (unpaired) electrons. The molecule has 3 aliphatic carbocycles. The third-order valence-corrected chi connectivity index (χ3v) is 14.4. The largest absolute Gasteiger partial charge is 0.390 e. The molecule has 0 bridgehead atoms. The number of benzene rings is 2. The van der Waals surface area contributed by atoms with Gasteiger partial charge in [-0.05, 0) is 123 Å². The first-order valence-corrected chi connectivity index (χ1v) is 20.9. The van der Waals surface area contributed by atoms with Gasteiger partial charge in [-0.3, -0.25) is 14.4 Å². The van der Waals surface area contributed by atoms with Gasteiger partial charge in [0.15, 0.2) is 0 Å². The third-order valence-electron chi connectivity index (χ3n) is 14.4. The summed E-state index contributed by atoms with van der Waals surface area (Å²) in [4.78, 5) is 42.6. The molecule has 6 atom stereocenters. The number of aromatic amines is 1. The Balaban J connectivity index is 0.903. The van der Waals surface area contributed by atoms with Gasteiger partial charge < -0.3 is 14.9 Å². The Morgan fingerprint density at radius 3 is 2.50 bits per heavy atom. The van der Waals surface area contributed by atoms with Crippen LogP contribution in [-0.4, -0.2) is 68.7 Å². The Morgan fingerprint density at radius 1 is 0.963 bits per heavy atom. The summed E-state index contributed by atoms with van der Waals surface area (Å²) in [5.74, 6) is 1.60. The highest BCUT2D eigenvalue weighted by Crippen LogP contribution is 2.62. The SMILES string of the molecule is CCC[C@@](O)(CCCC(=O)N1CCN(C(=O)c2cc(Cc3n[nH]c(=O)c4ccccc34)ccc2F)CC1)C[C@@]1(C)CCC2[C@@H](CCC3CCCC[C@@]32C)C1. The maximum Gasteiger partial charge on any atom is 0.272 e. The zero-order chi connectivity index (χ0) is 38.1. The first-order valence-electron chi connectivity index (χ1n) is 20.9. The van der Waals surface area contributed by atoms with E-state index in [-0.39, 0.29) is 22.4 Å². The minimum atomic E-state index is -0.757. The average Bonchev–Trinajstić information content (AvgIpc) is 3.16. The molecule has 8 nitrogen and oxygen atoms in total. The molecule has 1 saturated heterocycles. The predicted molar refractivity (Wildman–Crippen MR) is 211 cm³/mol. The van der Waals surface area contributed by atoms with E-state index < -0.39 is 17.3 Å². The fraction of sp³-hybridized carbons (Fsp3) is 0.644. The number of carbonyl (C=O) groups is 2. The molecule has 2 unspecified atom stereocenters. The fourth-order valence-corrected chi connectivity index (χ4v) is 11.7. The van der Waals surface area contributed by atoms with Crippen molar-refractivity contribution in [2.24, 2.45) is 28.6 Å². The first-order chi connectivity index (χ1) is 25.9. The van der Waals surface area contributed by atoms with Crippen LogP contribution in [0.4, 0.5) is 4.39 Å². The summed E-state index contributed by atoms with van der Waals surface area (Å²) < 4.78 is 15.0. The molecule has 2 N–H and O–H groups in total. The highest BCUT2D eigenvalue weighted by molar-refractivity contribution is 5.95. The van der Waals surface area contributed by atoms with Crippen LogP contribution in [0.3, 0.4) is 0 Å². The number of rotatable bonds is 11. The van der Waals surface area contributed by atoms with Crippen molar-refractivity contribution in [3.05, 3.63) is 75.5 Å². The molecular weight excluding hydrogens is 680 g/mol. The second-order valence-corrected chi connectivity index (χ2v) is 18.2. The lowest BCUT2D eigenvalue weighted by Gasteiger charge is -2.58. The lowest BCUT2D eigenvalue weighted by Crippen LogP contribution is -2.51. The molecule has 3 saturated carbocycles. The summed E-state index contributed by atoms with van der Waals surface area (Å²) in [6, 6.07) is 11.7. The maximum atomic E-state index is 15.0. The van der Waals surface area contributed by atoms with E-state index in [0.717, 1.165) is 42.4 Å². The molecule has 4 aliphatic rings. The summed E-state index contributed by atoms with van der Waals surface area (Å²) in [5, 5.41) is 20.1. The first kappa shape index (κ1) is 38.7. The molecule has 2 amide bonds. The number of hydrogen-bond donors (Lipinski definition) is 2. The van der Waals surface area contributed by atoms with Crippen molar-refractivity contribution >= 4 is 22.6 Å². The maximum absolute atomic E-state index is 15.0. The van der Waals surface area contributed by atoms with Crippen LogP contribution in [0.15, 0.2) is 47.3 Å². The molecule has 0 spiro atoms.